The van der Waals surface area contributed by atoms with Crippen LogP contribution in [-0.4, -0.2) is 31.4 Å². The second kappa shape index (κ2) is 16.6. The maximum Gasteiger partial charge on any atom is 0.233 e. The van der Waals surface area contributed by atoms with Crippen molar-refractivity contribution in [3.8, 4) is 5.75 Å². The highest BCUT2D eigenvalue weighted by Gasteiger charge is 2.23. The van der Waals surface area contributed by atoms with Crippen LogP contribution in [-0.2, 0) is 17.6 Å². The molecule has 210 valence electrons. The van der Waals surface area contributed by atoms with Crippen molar-refractivity contribution in [2.24, 2.45) is 5.92 Å². The van der Waals surface area contributed by atoms with Gasteiger partial charge in [-0.3, -0.25) is 9.59 Å². The quantitative estimate of drug-likeness (QED) is 0.115. The van der Waals surface area contributed by atoms with Gasteiger partial charge in [0.2, 0.25) is 11.6 Å². The molecule has 3 aromatic carbocycles. The van der Waals surface area contributed by atoms with Gasteiger partial charge in [-0.2, -0.15) is 0 Å². The van der Waals surface area contributed by atoms with Crippen molar-refractivity contribution in [1.82, 2.24) is 6.15 Å². The van der Waals surface area contributed by atoms with Crippen molar-refractivity contribution in [2.45, 2.75) is 66.2 Å². The Morgan fingerprint density at radius 1 is 0.744 bits per heavy atom. The lowest BCUT2D eigenvalue weighted by Crippen LogP contribution is -2.18. The predicted octanol–water partition coefficient (Wildman–Crippen LogP) is 7.93. The van der Waals surface area contributed by atoms with E-state index < -0.39 is 11.6 Å². The third-order valence-corrected chi connectivity index (χ3v) is 7.08. The Morgan fingerprint density at radius 2 is 1.41 bits per heavy atom. The van der Waals surface area contributed by atoms with E-state index in [1.54, 1.807) is 24.3 Å². The first-order valence-corrected chi connectivity index (χ1v) is 13.9. The normalized spacial score (nSPS) is 10.8. The molecule has 0 heterocycles. The molecule has 0 aliphatic heterocycles. The smallest absolute Gasteiger partial charge is 0.233 e. The molecule has 5 heteroatoms. The molecule has 0 spiro atoms. The first-order valence-electron chi connectivity index (χ1n) is 13.9. The Morgan fingerprint density at radius 3 is 2.08 bits per heavy atom. The summed E-state index contributed by atoms with van der Waals surface area (Å²) < 4.78 is 11.6. The molecule has 0 aliphatic carbocycles. The number of para-hydroxylation sites is 1. The maximum absolute atomic E-state index is 13.3. The number of ketones is 2. The Hall–Kier alpha value is -3.28. The van der Waals surface area contributed by atoms with Gasteiger partial charge < -0.3 is 15.6 Å². The highest BCUT2D eigenvalue weighted by molar-refractivity contribution is 6.49. The molecule has 0 aromatic heterocycles. The van der Waals surface area contributed by atoms with Gasteiger partial charge in [-0.05, 0) is 79.5 Å². The van der Waals surface area contributed by atoms with Crippen LogP contribution < -0.4 is 10.9 Å². The van der Waals surface area contributed by atoms with Gasteiger partial charge in [0.1, 0.15) is 12.4 Å². The van der Waals surface area contributed by atoms with Crippen molar-refractivity contribution in [3.63, 3.8) is 0 Å². The van der Waals surface area contributed by atoms with E-state index in [0.717, 1.165) is 41.2 Å². The monoisotopic (exact) mass is 531 g/mol. The minimum Gasteiger partial charge on any atom is -0.491 e. The lowest BCUT2D eigenvalue weighted by atomic mass is 9.86. The minimum absolute atomic E-state index is 0. The number of Topliss-reactive ketones (excluding diaryl/α,β-unsaturated/α-hetero) is 2. The minimum atomic E-state index is -0.463. The highest BCUT2D eigenvalue weighted by Crippen LogP contribution is 2.27. The van der Waals surface area contributed by atoms with Crippen LogP contribution in [0.2, 0.25) is 0 Å². The van der Waals surface area contributed by atoms with Gasteiger partial charge in [0.15, 0.2) is 0 Å². The van der Waals surface area contributed by atoms with Gasteiger partial charge in [-0.1, -0.05) is 81.6 Å². The summed E-state index contributed by atoms with van der Waals surface area (Å²) >= 11 is 0. The zero-order chi connectivity index (χ0) is 27.3. The summed E-state index contributed by atoms with van der Waals surface area (Å²) in [6.07, 6.45) is 6.45. The number of hydrogen-bond acceptors (Lipinski definition) is 5. The molecule has 0 unspecified atom stereocenters. The predicted molar refractivity (Wildman–Crippen MR) is 160 cm³/mol. The molecule has 0 fully saturated rings. The van der Waals surface area contributed by atoms with Gasteiger partial charge in [-0.25, -0.2) is 0 Å². The summed E-state index contributed by atoms with van der Waals surface area (Å²) in [6, 6.07) is 20.5. The van der Waals surface area contributed by atoms with E-state index in [9.17, 15) is 9.59 Å². The Labute approximate surface area is 234 Å². The van der Waals surface area contributed by atoms with E-state index in [4.69, 9.17) is 9.47 Å². The molecule has 0 saturated heterocycles. The third kappa shape index (κ3) is 9.76. The molecule has 3 aromatic rings. The maximum atomic E-state index is 13.3. The number of carbonyl (C=O) groups is 2. The fraction of sp³-hybridized carbons (Fsp3) is 0.412. The molecule has 0 saturated carbocycles. The van der Waals surface area contributed by atoms with E-state index in [1.165, 1.54) is 24.8 Å². The fourth-order valence-corrected chi connectivity index (χ4v) is 4.74. The summed E-state index contributed by atoms with van der Waals surface area (Å²) in [5, 5.41) is 0. The van der Waals surface area contributed by atoms with Crippen LogP contribution in [0.1, 0.15) is 82.5 Å². The SMILES string of the molecule is Cc1c(C(=O)C(=O)c2ccccc2)cc(CCOCCOc2ccccc2)c(CCCCCC(C)C)c1C.N. The summed E-state index contributed by atoms with van der Waals surface area (Å²) in [6.45, 7) is 10.1. The van der Waals surface area contributed by atoms with E-state index in [0.29, 0.717) is 37.4 Å². The van der Waals surface area contributed by atoms with Crippen LogP contribution in [0, 0.1) is 19.8 Å². The zero-order valence-electron chi connectivity index (χ0n) is 24.1. The molecular formula is C34H45NO4. The zero-order valence-corrected chi connectivity index (χ0v) is 24.1. The number of ether oxygens (including phenoxy) is 2. The summed E-state index contributed by atoms with van der Waals surface area (Å²) in [5.41, 5.74) is 5.33. The number of carbonyl (C=O) groups excluding carboxylic acids is 2. The average molecular weight is 532 g/mol. The molecule has 0 radical (unpaired) electrons. The Kier molecular flexibility index (Phi) is 13.6. The number of rotatable bonds is 16. The van der Waals surface area contributed by atoms with Gasteiger partial charge in [0, 0.05) is 11.1 Å². The first-order chi connectivity index (χ1) is 18.4. The number of hydrogen-bond donors (Lipinski definition) is 1. The molecule has 0 amide bonds. The molecule has 0 aliphatic rings. The van der Waals surface area contributed by atoms with Gasteiger partial charge in [0.25, 0.3) is 0 Å². The highest BCUT2D eigenvalue weighted by atomic mass is 16.5. The molecule has 3 rings (SSSR count). The van der Waals surface area contributed by atoms with E-state index in [-0.39, 0.29) is 6.15 Å². The summed E-state index contributed by atoms with van der Waals surface area (Å²) in [7, 11) is 0. The molecule has 5 nitrogen and oxygen atoms in total. The van der Waals surface area contributed by atoms with Crippen LogP contribution in [0.3, 0.4) is 0 Å². The van der Waals surface area contributed by atoms with Crippen LogP contribution in [0.25, 0.3) is 0 Å². The lowest BCUT2D eigenvalue weighted by molar-refractivity contribution is 0.0816. The van der Waals surface area contributed by atoms with Crippen LogP contribution in [0.5, 0.6) is 5.75 Å². The van der Waals surface area contributed by atoms with Crippen LogP contribution in [0.15, 0.2) is 66.7 Å². The summed E-state index contributed by atoms with van der Waals surface area (Å²) in [4.78, 5) is 26.3. The number of benzene rings is 3. The van der Waals surface area contributed by atoms with Crippen LogP contribution >= 0.6 is 0 Å². The average Bonchev–Trinajstić information content (AvgIpc) is 2.93. The topological polar surface area (TPSA) is 87.6 Å². The van der Waals surface area contributed by atoms with Crippen molar-refractivity contribution in [1.29, 1.82) is 0 Å². The van der Waals surface area contributed by atoms with E-state index >= 15 is 0 Å². The Balaban J connectivity index is 0.00000533. The third-order valence-electron chi connectivity index (χ3n) is 7.08. The van der Waals surface area contributed by atoms with E-state index in [1.807, 2.05) is 49.4 Å². The standard InChI is InChI=1S/C34H42O4.H3N/c1-25(2)14-8-5-13-19-31-26(3)27(4)32(34(36)33(35)28-15-9-6-10-16-28)24-29(31)20-21-37-22-23-38-30-17-11-7-12-18-30;/h6-7,9-12,15-18,24-25H,5,8,13-14,19-23H2,1-4H3;1H3. The first kappa shape index (κ1) is 31.9. The Bertz CT molecular complexity index is 1170. The molecule has 39 heavy (non-hydrogen) atoms. The van der Waals surface area contributed by atoms with Gasteiger partial charge in [0.05, 0.1) is 13.2 Å². The second-order valence-corrected chi connectivity index (χ2v) is 10.4. The second-order valence-electron chi connectivity index (χ2n) is 10.4. The molecule has 0 bridgehead atoms. The fourth-order valence-electron chi connectivity index (χ4n) is 4.74. The molecule has 3 N–H and O–H groups in total. The van der Waals surface area contributed by atoms with Crippen LogP contribution in [0.4, 0.5) is 0 Å². The number of unbranched alkanes of at least 4 members (excludes halogenated alkanes) is 2. The largest absolute Gasteiger partial charge is 0.491 e. The summed E-state index contributed by atoms with van der Waals surface area (Å²) in [5.74, 6) is 0.648. The van der Waals surface area contributed by atoms with Crippen molar-refractivity contribution in [2.75, 3.05) is 19.8 Å². The van der Waals surface area contributed by atoms with Crippen molar-refractivity contribution < 1.29 is 19.1 Å². The van der Waals surface area contributed by atoms with E-state index in [2.05, 4.69) is 20.8 Å². The van der Waals surface area contributed by atoms with Crippen molar-refractivity contribution >= 4 is 11.6 Å². The molecule has 0 atom stereocenters. The van der Waals surface area contributed by atoms with Crippen molar-refractivity contribution in [3.05, 3.63) is 100 Å². The van der Waals surface area contributed by atoms with Gasteiger partial charge >= 0.3 is 0 Å². The van der Waals surface area contributed by atoms with Gasteiger partial charge in [-0.15, -0.1) is 0 Å². The molecular weight excluding hydrogens is 486 g/mol. The lowest BCUT2D eigenvalue weighted by Gasteiger charge is -2.19.